The molecular formula is C27H26N4O11S. The van der Waals surface area contributed by atoms with E-state index in [9.17, 15) is 33.3 Å². The molecule has 1 atom stereocenters. The van der Waals surface area contributed by atoms with Crippen LogP contribution in [0.4, 0.5) is 5.69 Å². The predicted octanol–water partition coefficient (Wildman–Crippen LogP) is 2.47. The van der Waals surface area contributed by atoms with Crippen molar-refractivity contribution in [1.29, 1.82) is 0 Å². The van der Waals surface area contributed by atoms with Crippen molar-refractivity contribution in [3.63, 3.8) is 0 Å². The maximum Gasteiger partial charge on any atom is 0.414 e. The van der Waals surface area contributed by atoms with Crippen LogP contribution in [0.3, 0.4) is 0 Å². The van der Waals surface area contributed by atoms with E-state index < -0.39 is 43.5 Å². The van der Waals surface area contributed by atoms with Gasteiger partial charge in [-0.25, -0.2) is 18.0 Å². The van der Waals surface area contributed by atoms with Crippen molar-refractivity contribution in [3.8, 4) is 5.88 Å². The highest BCUT2D eigenvalue weighted by Gasteiger charge is 2.39. The highest BCUT2D eigenvalue weighted by atomic mass is 32.2. The molecule has 226 valence electrons. The Balaban J connectivity index is 1.49. The molecule has 1 aromatic heterocycles. The molecule has 0 fully saturated rings. The van der Waals surface area contributed by atoms with Crippen LogP contribution in [-0.4, -0.2) is 50.8 Å². The lowest BCUT2D eigenvalue weighted by molar-refractivity contribution is -0.832. The van der Waals surface area contributed by atoms with Gasteiger partial charge in [-0.1, -0.05) is 30.3 Å². The lowest BCUT2D eigenvalue weighted by atomic mass is 9.80. The van der Waals surface area contributed by atoms with Crippen molar-refractivity contribution >= 4 is 27.5 Å². The summed E-state index contributed by atoms with van der Waals surface area (Å²) in [6.07, 6.45) is 0.0439. The van der Waals surface area contributed by atoms with Crippen LogP contribution >= 0.6 is 0 Å². The lowest BCUT2D eigenvalue weighted by Gasteiger charge is -2.30. The normalized spacial score (nSPS) is 15.1. The molecular weight excluding hydrogens is 588 g/mol. The maximum absolute atomic E-state index is 13.3. The van der Waals surface area contributed by atoms with Crippen molar-refractivity contribution in [2.24, 2.45) is 0 Å². The van der Waals surface area contributed by atoms with E-state index in [1.807, 2.05) is 0 Å². The second-order valence-corrected chi connectivity index (χ2v) is 11.0. The number of aromatic nitrogens is 2. The molecule has 0 bridgehead atoms. The molecule has 0 saturated carbocycles. The highest BCUT2D eigenvalue weighted by Crippen LogP contribution is 2.40. The molecule has 4 rings (SSSR count). The Morgan fingerprint density at radius 3 is 2.37 bits per heavy atom. The van der Waals surface area contributed by atoms with E-state index in [2.05, 4.69) is 15.1 Å². The molecule has 2 aromatic carbocycles. The molecule has 0 spiro atoms. The van der Waals surface area contributed by atoms with Crippen molar-refractivity contribution in [1.82, 2.24) is 10.5 Å². The molecule has 15 nitrogen and oxygen atoms in total. The summed E-state index contributed by atoms with van der Waals surface area (Å²) in [5.74, 6) is -3.15. The summed E-state index contributed by atoms with van der Waals surface area (Å²) < 4.78 is 45.9. The number of carbonyl (C=O) groups excluding carboxylic acids is 2. The molecule has 3 aromatic rings. The van der Waals surface area contributed by atoms with Gasteiger partial charge < -0.3 is 24.7 Å². The Labute approximate surface area is 244 Å². The van der Waals surface area contributed by atoms with Crippen molar-refractivity contribution in [3.05, 3.63) is 98.0 Å². The van der Waals surface area contributed by atoms with Crippen LogP contribution in [0.25, 0.3) is 0 Å². The van der Waals surface area contributed by atoms with E-state index in [0.29, 0.717) is 17.0 Å². The third kappa shape index (κ3) is 6.33. The quantitative estimate of drug-likeness (QED) is 0.108. The number of hydrogen-bond donors (Lipinski definition) is 1. The molecule has 1 aliphatic rings. The minimum atomic E-state index is -4.31. The van der Waals surface area contributed by atoms with E-state index >= 15 is 0 Å². The second-order valence-electron chi connectivity index (χ2n) is 9.17. The first kappa shape index (κ1) is 30.7. The van der Waals surface area contributed by atoms with Crippen LogP contribution in [0.15, 0.2) is 91.7 Å². The summed E-state index contributed by atoms with van der Waals surface area (Å²) in [6.45, 7) is 2.78. The molecule has 16 heteroatoms. The van der Waals surface area contributed by atoms with Crippen LogP contribution in [0.1, 0.15) is 31.7 Å². The largest absolute Gasteiger partial charge is 0.466 e. The fourth-order valence-electron chi connectivity index (χ4n) is 4.51. The van der Waals surface area contributed by atoms with Gasteiger partial charge in [-0.3, -0.25) is 14.7 Å². The van der Waals surface area contributed by atoms with Gasteiger partial charge in [-0.05, 0) is 36.4 Å². The minimum Gasteiger partial charge on any atom is -0.466 e. The van der Waals surface area contributed by atoms with E-state index in [0.717, 1.165) is 0 Å². The summed E-state index contributed by atoms with van der Waals surface area (Å²) >= 11 is 0. The fourth-order valence-corrected chi connectivity index (χ4v) is 5.80. The standard InChI is InChI=1S/C27H26N4O11S/c1-16-21(26(32)39-3)23(18-9-7-10-19(15-18)30(34)35)22(17(2)28-16)27(33)41-14-8-13-40-24-25(31(36)42-29-24)43(37,38)20-11-5-4-6-12-20/h4-7,9-12,15,23,28H,8,13-14H2,1-3H3. The zero-order chi connectivity index (χ0) is 31.3. The number of rotatable bonds is 11. The lowest BCUT2D eigenvalue weighted by Crippen LogP contribution is -2.32. The Kier molecular flexibility index (Phi) is 9.09. The Morgan fingerprint density at radius 1 is 1.05 bits per heavy atom. The monoisotopic (exact) mass is 614 g/mol. The average molecular weight is 615 g/mol. The Bertz CT molecular complexity index is 1730. The first-order valence-corrected chi connectivity index (χ1v) is 14.2. The molecule has 1 unspecified atom stereocenters. The van der Waals surface area contributed by atoms with Gasteiger partial charge >= 0.3 is 22.8 Å². The average Bonchev–Trinajstić information content (AvgIpc) is 3.37. The number of methoxy groups -OCH3 is 1. The summed E-state index contributed by atoms with van der Waals surface area (Å²) in [6, 6.07) is 12.7. The minimum absolute atomic E-state index is 0.0348. The number of dihydropyridines is 1. The number of esters is 2. The van der Waals surface area contributed by atoms with Gasteiger partial charge in [-0.15, -0.1) is 0 Å². The van der Waals surface area contributed by atoms with Crippen molar-refractivity contribution in [2.45, 2.75) is 36.1 Å². The van der Waals surface area contributed by atoms with Crippen LogP contribution in [0.2, 0.25) is 0 Å². The van der Waals surface area contributed by atoms with E-state index in [4.69, 9.17) is 14.2 Å². The topological polar surface area (TPSA) is 204 Å². The summed E-state index contributed by atoms with van der Waals surface area (Å²) in [4.78, 5) is 36.5. The van der Waals surface area contributed by atoms with Gasteiger partial charge in [0.05, 0.1) is 52.4 Å². The van der Waals surface area contributed by atoms with E-state index in [1.54, 1.807) is 26.0 Å². The van der Waals surface area contributed by atoms with Gasteiger partial charge in [0.15, 0.2) is 0 Å². The van der Waals surface area contributed by atoms with E-state index in [1.165, 1.54) is 49.6 Å². The fraction of sp³-hybridized carbons (Fsp3) is 0.259. The maximum atomic E-state index is 13.3. The molecule has 0 aliphatic carbocycles. The van der Waals surface area contributed by atoms with Crippen LogP contribution in [0.5, 0.6) is 5.88 Å². The zero-order valence-electron chi connectivity index (χ0n) is 23.1. The third-order valence-corrected chi connectivity index (χ3v) is 8.14. The SMILES string of the molecule is COC(=O)C1=C(C)NC(C)=C(C(=O)OCCCOc2no[n+]([O-])c2S(=O)(=O)c2ccccc2)C1c1cccc([N+](=O)[O-])c1. The predicted molar refractivity (Wildman–Crippen MR) is 145 cm³/mol. The number of ether oxygens (including phenoxy) is 3. The summed E-state index contributed by atoms with van der Waals surface area (Å²) in [5.41, 5.74) is 0.938. The number of nitrogens with zero attached hydrogens (tertiary/aromatic N) is 3. The third-order valence-electron chi connectivity index (χ3n) is 6.42. The number of sulfone groups is 1. The molecule has 0 radical (unpaired) electrons. The van der Waals surface area contributed by atoms with Crippen LogP contribution in [-0.2, 0) is 28.9 Å². The summed E-state index contributed by atoms with van der Waals surface area (Å²) in [7, 11) is -3.13. The molecule has 1 N–H and O–H groups in total. The van der Waals surface area contributed by atoms with Gasteiger partial charge in [0.1, 0.15) is 0 Å². The molecule has 43 heavy (non-hydrogen) atoms. The summed E-state index contributed by atoms with van der Waals surface area (Å²) in [5, 5.41) is 29.0. The number of carbonyl (C=O) groups is 2. The number of allylic oxidation sites excluding steroid dienone is 2. The number of nitro benzene ring substituents is 1. The van der Waals surface area contributed by atoms with Gasteiger partial charge in [0.25, 0.3) is 15.5 Å². The smallest absolute Gasteiger partial charge is 0.414 e. The van der Waals surface area contributed by atoms with Gasteiger partial charge in [-0.2, -0.15) is 0 Å². The van der Waals surface area contributed by atoms with Crippen LogP contribution < -0.4 is 15.0 Å². The van der Waals surface area contributed by atoms with Gasteiger partial charge in [0, 0.05) is 29.9 Å². The number of benzene rings is 2. The molecule has 2 heterocycles. The molecule has 1 aliphatic heterocycles. The number of nitro groups is 1. The first-order valence-electron chi connectivity index (χ1n) is 12.7. The zero-order valence-corrected chi connectivity index (χ0v) is 24.0. The van der Waals surface area contributed by atoms with Crippen LogP contribution in [0, 0.1) is 15.3 Å². The Morgan fingerprint density at radius 2 is 1.72 bits per heavy atom. The highest BCUT2D eigenvalue weighted by molar-refractivity contribution is 7.91. The number of nitrogens with one attached hydrogen (secondary N) is 1. The molecule has 0 amide bonds. The molecule has 0 saturated heterocycles. The second kappa shape index (κ2) is 12.7. The van der Waals surface area contributed by atoms with E-state index in [-0.39, 0.29) is 46.3 Å². The van der Waals surface area contributed by atoms with Gasteiger partial charge in [0.2, 0.25) is 0 Å². The first-order chi connectivity index (χ1) is 20.5. The number of non-ortho nitro benzene ring substituents is 1. The van der Waals surface area contributed by atoms with Crippen molar-refractivity contribution in [2.75, 3.05) is 20.3 Å². The van der Waals surface area contributed by atoms with Crippen molar-refractivity contribution < 1.29 is 46.7 Å². The number of hydrogen-bond acceptors (Lipinski definition) is 13. The Hall–Kier alpha value is -5.25.